The maximum Gasteiger partial charge on any atom is 0.251 e. The molecule has 2 heterocycles. The van der Waals surface area contributed by atoms with Crippen LogP contribution in [0.25, 0.3) is 10.4 Å². The van der Waals surface area contributed by atoms with Crippen LogP contribution in [0.2, 0.25) is 0 Å². The summed E-state index contributed by atoms with van der Waals surface area (Å²) in [7, 11) is 0. The molecular formula is C21H21N5O2S2. The summed E-state index contributed by atoms with van der Waals surface area (Å²) < 4.78 is 2.23. The molecule has 9 heteroatoms. The van der Waals surface area contributed by atoms with Crippen molar-refractivity contribution in [3.63, 3.8) is 0 Å². The lowest BCUT2D eigenvalue weighted by Crippen LogP contribution is -2.18. The summed E-state index contributed by atoms with van der Waals surface area (Å²) in [6.07, 6.45) is 4.65. The molecule has 2 saturated carbocycles. The molecule has 154 valence electrons. The molecule has 7 nitrogen and oxygen atoms in total. The number of thioether (sulfide) groups is 1. The van der Waals surface area contributed by atoms with E-state index in [1.807, 2.05) is 30.3 Å². The maximum absolute atomic E-state index is 12.6. The quantitative estimate of drug-likeness (QED) is 0.516. The SMILES string of the molecule is NC(=O)c1cc(-c2ccccc2)sc1NC(=O)CSc1nnc(C2CC2)n1C1CC1. The number of nitrogens with two attached hydrogens (primary N) is 1. The minimum Gasteiger partial charge on any atom is -0.366 e. The molecule has 2 amide bonds. The molecule has 5 rings (SSSR count). The summed E-state index contributed by atoms with van der Waals surface area (Å²) in [5.41, 5.74) is 6.84. The third-order valence-corrected chi connectivity index (χ3v) is 7.23. The average Bonchev–Trinajstić information content (AvgIpc) is 3.68. The van der Waals surface area contributed by atoms with Crippen molar-refractivity contribution in [1.29, 1.82) is 0 Å². The average molecular weight is 440 g/mol. The molecule has 30 heavy (non-hydrogen) atoms. The van der Waals surface area contributed by atoms with Gasteiger partial charge < -0.3 is 15.6 Å². The molecule has 2 aliphatic carbocycles. The summed E-state index contributed by atoms with van der Waals surface area (Å²) in [6.45, 7) is 0. The van der Waals surface area contributed by atoms with Gasteiger partial charge in [0.2, 0.25) is 5.91 Å². The molecule has 2 aliphatic rings. The Morgan fingerprint density at radius 3 is 2.60 bits per heavy atom. The maximum atomic E-state index is 12.6. The van der Waals surface area contributed by atoms with Crippen LogP contribution in [0.1, 0.15) is 53.8 Å². The highest BCUT2D eigenvalue weighted by Crippen LogP contribution is 2.46. The van der Waals surface area contributed by atoms with Crippen molar-refractivity contribution in [2.75, 3.05) is 11.1 Å². The first-order valence-corrected chi connectivity index (χ1v) is 11.8. The molecule has 0 radical (unpaired) electrons. The van der Waals surface area contributed by atoms with Crippen LogP contribution in [0.15, 0.2) is 41.6 Å². The zero-order valence-corrected chi connectivity index (χ0v) is 17.8. The number of carbonyl (C=O) groups is 2. The molecule has 0 bridgehead atoms. The predicted molar refractivity (Wildman–Crippen MR) is 118 cm³/mol. The Bertz CT molecular complexity index is 1100. The van der Waals surface area contributed by atoms with E-state index in [4.69, 9.17) is 5.73 Å². The van der Waals surface area contributed by atoms with Gasteiger partial charge in [-0.1, -0.05) is 42.1 Å². The van der Waals surface area contributed by atoms with Crippen molar-refractivity contribution in [1.82, 2.24) is 14.8 Å². The summed E-state index contributed by atoms with van der Waals surface area (Å²) in [6, 6.07) is 11.9. The monoisotopic (exact) mass is 439 g/mol. The van der Waals surface area contributed by atoms with Gasteiger partial charge >= 0.3 is 0 Å². The van der Waals surface area contributed by atoms with E-state index in [0.29, 0.717) is 22.5 Å². The fourth-order valence-electron chi connectivity index (χ4n) is 3.39. The van der Waals surface area contributed by atoms with Crippen molar-refractivity contribution >= 4 is 39.9 Å². The van der Waals surface area contributed by atoms with E-state index < -0.39 is 5.91 Å². The summed E-state index contributed by atoms with van der Waals surface area (Å²) in [5.74, 6) is 1.05. The van der Waals surface area contributed by atoms with E-state index in [1.165, 1.54) is 35.9 Å². The number of hydrogen-bond acceptors (Lipinski definition) is 6. The van der Waals surface area contributed by atoms with Crippen LogP contribution in [0.4, 0.5) is 5.00 Å². The molecule has 2 fully saturated rings. The van der Waals surface area contributed by atoms with E-state index in [-0.39, 0.29) is 11.7 Å². The Balaban J connectivity index is 1.29. The van der Waals surface area contributed by atoms with Gasteiger partial charge in [-0.05, 0) is 37.3 Å². The lowest BCUT2D eigenvalue weighted by molar-refractivity contribution is -0.113. The molecule has 0 saturated heterocycles. The smallest absolute Gasteiger partial charge is 0.251 e. The van der Waals surface area contributed by atoms with Crippen LogP contribution in [0.3, 0.4) is 0 Å². The number of nitrogens with zero attached hydrogens (tertiary/aromatic N) is 3. The third kappa shape index (κ3) is 3.99. The number of thiophene rings is 1. The molecule has 2 aromatic heterocycles. The van der Waals surface area contributed by atoms with Crippen molar-refractivity contribution in [2.45, 2.75) is 42.8 Å². The van der Waals surface area contributed by atoms with Gasteiger partial charge in [-0.15, -0.1) is 21.5 Å². The summed E-state index contributed by atoms with van der Waals surface area (Å²) in [5, 5.41) is 12.9. The van der Waals surface area contributed by atoms with Gasteiger partial charge in [0.25, 0.3) is 5.91 Å². The van der Waals surface area contributed by atoms with Crippen molar-refractivity contribution in [2.24, 2.45) is 5.73 Å². The molecular weight excluding hydrogens is 418 g/mol. The van der Waals surface area contributed by atoms with Crippen molar-refractivity contribution < 1.29 is 9.59 Å². The highest BCUT2D eigenvalue weighted by Gasteiger charge is 2.36. The number of carbonyl (C=O) groups excluding carboxylic acids is 2. The lowest BCUT2D eigenvalue weighted by atomic mass is 10.1. The minimum atomic E-state index is -0.557. The van der Waals surface area contributed by atoms with Gasteiger partial charge in [0.05, 0.1) is 11.3 Å². The fourth-order valence-corrected chi connectivity index (χ4v) is 5.28. The fraction of sp³-hybridized carbons (Fsp3) is 0.333. The van der Waals surface area contributed by atoms with E-state index in [9.17, 15) is 9.59 Å². The van der Waals surface area contributed by atoms with Crippen LogP contribution in [0.5, 0.6) is 0 Å². The molecule has 0 aliphatic heterocycles. The topological polar surface area (TPSA) is 103 Å². The standard InChI is InChI=1S/C21H21N5O2S2/c22-18(28)15-10-16(12-4-2-1-3-5-12)30-20(15)23-17(27)11-29-21-25-24-19(13-6-7-13)26(21)14-8-9-14/h1-5,10,13-14H,6-9,11H2,(H2,22,28)(H,23,27). The number of amides is 2. The van der Waals surface area contributed by atoms with Crippen molar-refractivity contribution in [3.05, 3.63) is 47.8 Å². The molecule has 1 aromatic carbocycles. The third-order valence-electron chi connectivity index (χ3n) is 5.19. The number of rotatable bonds is 8. The number of aromatic nitrogens is 3. The Kier molecular flexibility index (Phi) is 5.08. The largest absolute Gasteiger partial charge is 0.366 e. The highest BCUT2D eigenvalue weighted by atomic mass is 32.2. The van der Waals surface area contributed by atoms with Gasteiger partial charge in [-0.2, -0.15) is 0 Å². The first-order valence-electron chi connectivity index (χ1n) is 9.96. The normalized spacial score (nSPS) is 15.9. The van der Waals surface area contributed by atoms with E-state index in [1.54, 1.807) is 6.07 Å². The zero-order chi connectivity index (χ0) is 20.7. The van der Waals surface area contributed by atoms with Crippen LogP contribution in [-0.2, 0) is 4.79 Å². The van der Waals surface area contributed by atoms with Gasteiger partial charge in [0.15, 0.2) is 5.16 Å². The van der Waals surface area contributed by atoms with Gasteiger partial charge in [-0.3, -0.25) is 9.59 Å². The van der Waals surface area contributed by atoms with Gasteiger partial charge in [0, 0.05) is 16.8 Å². The summed E-state index contributed by atoms with van der Waals surface area (Å²) in [4.78, 5) is 25.4. The number of benzene rings is 1. The number of nitrogens with one attached hydrogen (secondary N) is 1. The minimum absolute atomic E-state index is 0.192. The second kappa shape index (κ2) is 7.88. The summed E-state index contributed by atoms with van der Waals surface area (Å²) >= 11 is 2.74. The molecule has 3 N–H and O–H groups in total. The number of hydrogen-bond donors (Lipinski definition) is 2. The molecule has 0 spiro atoms. The van der Waals surface area contributed by atoms with E-state index in [0.717, 1.165) is 34.3 Å². The van der Waals surface area contributed by atoms with E-state index >= 15 is 0 Å². The second-order valence-electron chi connectivity index (χ2n) is 7.64. The Hall–Kier alpha value is -2.65. The Morgan fingerprint density at radius 2 is 1.93 bits per heavy atom. The Labute approximate surface area is 182 Å². The van der Waals surface area contributed by atoms with Gasteiger partial charge in [-0.25, -0.2) is 0 Å². The van der Waals surface area contributed by atoms with Crippen LogP contribution < -0.4 is 11.1 Å². The van der Waals surface area contributed by atoms with Crippen LogP contribution >= 0.6 is 23.1 Å². The molecule has 0 unspecified atom stereocenters. The van der Waals surface area contributed by atoms with E-state index in [2.05, 4.69) is 20.1 Å². The molecule has 0 atom stereocenters. The Morgan fingerprint density at radius 1 is 1.17 bits per heavy atom. The number of anilines is 1. The first-order chi connectivity index (χ1) is 14.6. The highest BCUT2D eigenvalue weighted by molar-refractivity contribution is 7.99. The molecule has 3 aromatic rings. The lowest BCUT2D eigenvalue weighted by Gasteiger charge is -2.08. The zero-order valence-electron chi connectivity index (χ0n) is 16.2. The van der Waals surface area contributed by atoms with Gasteiger partial charge in [0.1, 0.15) is 10.8 Å². The van der Waals surface area contributed by atoms with Crippen LogP contribution in [0, 0.1) is 0 Å². The first kappa shape index (κ1) is 19.3. The van der Waals surface area contributed by atoms with Crippen LogP contribution in [-0.4, -0.2) is 32.3 Å². The number of primary amides is 1. The second-order valence-corrected chi connectivity index (χ2v) is 9.63. The predicted octanol–water partition coefficient (Wildman–Crippen LogP) is 4.05. The van der Waals surface area contributed by atoms with Crippen molar-refractivity contribution in [3.8, 4) is 10.4 Å².